The van der Waals surface area contributed by atoms with Crippen LogP contribution < -0.4 is 10.6 Å². The van der Waals surface area contributed by atoms with Gasteiger partial charge in [0.2, 0.25) is 11.8 Å². The van der Waals surface area contributed by atoms with Crippen molar-refractivity contribution in [3.63, 3.8) is 0 Å². The van der Waals surface area contributed by atoms with Gasteiger partial charge in [-0.1, -0.05) is 69.0 Å². The minimum absolute atomic E-state index is 0.0443. The predicted octanol–water partition coefficient (Wildman–Crippen LogP) is 7.04. The molecule has 3 saturated heterocycles. The van der Waals surface area contributed by atoms with E-state index in [2.05, 4.69) is 59.8 Å². The zero-order valence-corrected chi connectivity index (χ0v) is 42.1. The number of aromatic nitrogens is 4. The van der Waals surface area contributed by atoms with Gasteiger partial charge in [-0.3, -0.25) is 19.2 Å². The van der Waals surface area contributed by atoms with Crippen molar-refractivity contribution in [3.05, 3.63) is 123 Å². The first-order chi connectivity index (χ1) is 34.9. The Morgan fingerprint density at radius 2 is 1.55 bits per heavy atom. The minimum Gasteiger partial charge on any atom is -0.391 e. The Bertz CT molecular complexity index is 2920. The maximum Gasteiger partial charge on any atom is 0.453 e. The molecule has 0 aliphatic carbocycles. The second-order valence-electron chi connectivity index (χ2n) is 20.4. The highest BCUT2D eigenvalue weighted by Gasteiger charge is 2.45. The first-order valence-electron chi connectivity index (χ1n) is 24.8. The molecular formula is C54H59F3N10O5S. The molecule has 6 heterocycles. The number of benzene rings is 3. The number of aliphatic hydroxyl groups excluding tert-OH is 1. The fourth-order valence-electron chi connectivity index (χ4n) is 10.0. The van der Waals surface area contributed by atoms with Crippen LogP contribution in [-0.4, -0.2) is 120 Å². The highest BCUT2D eigenvalue weighted by atomic mass is 32.1. The fourth-order valence-corrected chi connectivity index (χ4v) is 10.8. The number of nitrogens with one attached hydrogen (secondary N) is 2. The van der Waals surface area contributed by atoms with Crippen LogP contribution in [0.2, 0.25) is 0 Å². The second kappa shape index (κ2) is 21.3. The molecule has 19 heteroatoms. The average molecular weight is 1020 g/mol. The van der Waals surface area contributed by atoms with Gasteiger partial charge in [-0.25, -0.2) is 4.98 Å². The number of aliphatic hydroxyl groups is 1. The molecule has 15 nitrogen and oxygen atoms in total. The molecular weight excluding hydrogens is 958 g/mol. The highest BCUT2D eigenvalue weighted by molar-refractivity contribution is 7.13. The molecule has 4 amide bonds. The molecule has 3 atom stereocenters. The van der Waals surface area contributed by atoms with Gasteiger partial charge >= 0.3 is 6.18 Å². The van der Waals surface area contributed by atoms with Gasteiger partial charge in [0.25, 0.3) is 17.6 Å². The third kappa shape index (κ3) is 11.7. The van der Waals surface area contributed by atoms with Crippen molar-refractivity contribution in [2.24, 2.45) is 16.4 Å². The predicted molar refractivity (Wildman–Crippen MR) is 269 cm³/mol. The number of piperidine rings is 2. The van der Waals surface area contributed by atoms with Gasteiger partial charge in [-0.2, -0.15) is 22.9 Å². The second-order valence-corrected chi connectivity index (χ2v) is 21.3. The van der Waals surface area contributed by atoms with Gasteiger partial charge in [-0.15, -0.1) is 21.5 Å². The number of hydrogen-bond acceptors (Lipinski definition) is 11. The molecule has 0 bridgehead atoms. The molecule has 73 heavy (non-hydrogen) atoms. The van der Waals surface area contributed by atoms with Crippen LogP contribution in [0.3, 0.4) is 0 Å². The summed E-state index contributed by atoms with van der Waals surface area (Å²) in [5.41, 5.74) is 6.74. The largest absolute Gasteiger partial charge is 0.453 e. The van der Waals surface area contributed by atoms with Crippen molar-refractivity contribution in [2.75, 3.05) is 32.7 Å². The van der Waals surface area contributed by atoms with Crippen molar-refractivity contribution >= 4 is 40.8 Å². The highest BCUT2D eigenvalue weighted by Crippen LogP contribution is 2.33. The summed E-state index contributed by atoms with van der Waals surface area (Å²) in [5.74, 6) is 5.42. The Kier molecular flexibility index (Phi) is 14.9. The van der Waals surface area contributed by atoms with Crippen LogP contribution in [0.1, 0.15) is 120 Å². The molecule has 3 aromatic carbocycles. The van der Waals surface area contributed by atoms with E-state index in [0.29, 0.717) is 56.3 Å². The van der Waals surface area contributed by atoms with Crippen LogP contribution in [0, 0.1) is 30.1 Å². The van der Waals surface area contributed by atoms with E-state index in [1.54, 1.807) is 46.0 Å². The van der Waals surface area contributed by atoms with Crippen LogP contribution in [0.15, 0.2) is 83.4 Å². The Morgan fingerprint density at radius 1 is 0.863 bits per heavy atom. The molecule has 0 radical (unpaired) electrons. The van der Waals surface area contributed by atoms with Gasteiger partial charge in [0.1, 0.15) is 17.9 Å². The van der Waals surface area contributed by atoms with E-state index in [9.17, 15) is 37.5 Å². The lowest BCUT2D eigenvalue weighted by atomic mass is 9.85. The van der Waals surface area contributed by atoms with Gasteiger partial charge in [0.05, 0.1) is 22.2 Å². The number of likely N-dealkylation sites (tertiary alicyclic amines) is 3. The van der Waals surface area contributed by atoms with Crippen molar-refractivity contribution in [3.8, 4) is 22.3 Å². The monoisotopic (exact) mass is 1020 g/mol. The summed E-state index contributed by atoms with van der Waals surface area (Å²) >= 11 is 1.56. The SMILES string of the molecule is Cc1ncsc1-c1ccc(CNC(=O)C2CC(O)CN2C(=O)C(NC(=O)c2ccc(C(=O)N3CCC(C#Cc4ccc(C5CCN(C6=Nn7c(nnc7C(F)(F)F)CC6)CC5)cc4)CC3)cc2)C(C)(C)C)cc1. The van der Waals surface area contributed by atoms with E-state index in [1.807, 2.05) is 64.1 Å². The van der Waals surface area contributed by atoms with Gasteiger partial charge in [-0.05, 0) is 97.0 Å². The van der Waals surface area contributed by atoms with Gasteiger partial charge in [0, 0.05) is 81.1 Å². The Labute approximate surface area is 426 Å². The summed E-state index contributed by atoms with van der Waals surface area (Å²) in [5, 5.41) is 27.8. The molecule has 3 N–H and O–H groups in total. The normalized spacial score (nSPS) is 19.1. The molecule has 9 rings (SSSR count). The van der Waals surface area contributed by atoms with Crippen LogP contribution in [0.5, 0.6) is 0 Å². The number of aryl methyl sites for hydroxylation is 2. The molecule has 3 fully saturated rings. The topological polar surface area (TPSA) is 178 Å². The molecule has 382 valence electrons. The molecule has 4 aliphatic heterocycles. The number of β-amino-alcohol motifs (C(OH)–C–C–N with tert-alkyl or cyclic N) is 1. The zero-order chi connectivity index (χ0) is 51.6. The lowest BCUT2D eigenvalue weighted by Gasteiger charge is -2.35. The summed E-state index contributed by atoms with van der Waals surface area (Å²) in [6.45, 7) is 10.1. The van der Waals surface area contributed by atoms with Crippen molar-refractivity contribution in [1.29, 1.82) is 0 Å². The van der Waals surface area contributed by atoms with Crippen molar-refractivity contribution < 1.29 is 37.5 Å². The first kappa shape index (κ1) is 51.0. The number of fused-ring (bicyclic) bond motifs is 1. The quantitative estimate of drug-likeness (QED) is 0.131. The van der Waals surface area contributed by atoms with E-state index in [0.717, 1.165) is 57.6 Å². The van der Waals surface area contributed by atoms with E-state index >= 15 is 0 Å². The number of alkyl halides is 3. The summed E-state index contributed by atoms with van der Waals surface area (Å²) in [6, 6.07) is 20.5. The van der Waals surface area contributed by atoms with Crippen LogP contribution in [-0.2, 0) is 28.7 Å². The van der Waals surface area contributed by atoms with Gasteiger partial charge in [0.15, 0.2) is 5.82 Å². The lowest BCUT2D eigenvalue weighted by Crippen LogP contribution is -2.57. The third-order valence-corrected chi connectivity index (χ3v) is 15.2. The number of carbonyl (C=O) groups is 4. The maximum absolute atomic E-state index is 14.2. The number of carbonyl (C=O) groups excluding carboxylic acids is 4. The average Bonchev–Trinajstić information content (AvgIpc) is 4.14. The van der Waals surface area contributed by atoms with E-state index in [1.165, 1.54) is 10.5 Å². The number of nitrogens with zero attached hydrogens (tertiary/aromatic N) is 8. The third-order valence-electron chi connectivity index (χ3n) is 14.3. The number of hydrogen-bond donors (Lipinski definition) is 3. The number of thiazole rings is 1. The first-order valence-corrected chi connectivity index (χ1v) is 25.7. The van der Waals surface area contributed by atoms with Crippen LogP contribution in [0.25, 0.3) is 10.4 Å². The summed E-state index contributed by atoms with van der Waals surface area (Å²) < 4.78 is 41.1. The molecule has 0 saturated carbocycles. The summed E-state index contributed by atoms with van der Waals surface area (Å²) in [7, 11) is 0. The summed E-state index contributed by atoms with van der Waals surface area (Å²) in [6.07, 6.45) is -1.42. The standard InChI is InChI=1S/C54H59F3N10O5S/c1-33-46(73-32-59-33)39-13-9-36(10-14-39)30-58-49(70)43-29-42(68)31-66(43)51(72)47(53(2,3)4)60-48(69)40-15-17-41(18-16-40)50(71)65-25-21-35(22-26-65)6-5-34-7-11-37(12-8-34)38-23-27-64(28-24-38)45-20-19-44-61-62-52(54(55,56)57)67(44)63-45/h7-18,32,35,38,42-43,47,68H,19-31H2,1-4H3,(H,58,70)(H,60,69). The summed E-state index contributed by atoms with van der Waals surface area (Å²) in [4.78, 5) is 65.7. The Hall–Kier alpha value is -6.91. The number of halogens is 3. The van der Waals surface area contributed by atoms with Gasteiger partial charge < -0.3 is 30.4 Å². The molecule has 5 aromatic rings. The number of amides is 4. The van der Waals surface area contributed by atoms with Crippen LogP contribution >= 0.6 is 11.3 Å². The van der Waals surface area contributed by atoms with E-state index in [4.69, 9.17) is 0 Å². The smallest absolute Gasteiger partial charge is 0.391 e. The number of amidine groups is 1. The lowest BCUT2D eigenvalue weighted by molar-refractivity contribution is -0.147. The number of rotatable bonds is 9. The van der Waals surface area contributed by atoms with Crippen LogP contribution in [0.4, 0.5) is 13.2 Å². The van der Waals surface area contributed by atoms with E-state index in [-0.39, 0.29) is 42.7 Å². The molecule has 2 aromatic heterocycles. The zero-order valence-electron chi connectivity index (χ0n) is 41.3. The Balaban J connectivity index is 0.732. The Morgan fingerprint density at radius 3 is 2.19 bits per heavy atom. The van der Waals surface area contributed by atoms with Crippen molar-refractivity contribution in [2.45, 2.75) is 109 Å². The fraction of sp³-hybridized carbons (Fsp3) is 0.444. The minimum atomic E-state index is -4.62. The van der Waals surface area contributed by atoms with Crippen molar-refractivity contribution in [1.82, 2.24) is 45.2 Å². The molecule has 4 aliphatic rings. The molecule has 3 unspecified atom stereocenters. The molecule has 0 spiro atoms. The van der Waals surface area contributed by atoms with E-state index < -0.39 is 53.3 Å². The maximum atomic E-state index is 14.2.